The maximum atomic E-state index is 13.4. The molecule has 11 heteroatoms. The minimum Gasteiger partial charge on any atom is -0.384 e. The summed E-state index contributed by atoms with van der Waals surface area (Å²) in [5.41, 5.74) is -1.46. The molecule has 0 bridgehead atoms. The largest absolute Gasteiger partial charge is 0.417 e. The average Bonchev–Trinajstić information content (AvgIpc) is 3.18. The van der Waals surface area contributed by atoms with Crippen LogP contribution in [0.5, 0.6) is 0 Å². The van der Waals surface area contributed by atoms with Crippen LogP contribution in [0, 0.1) is 22.7 Å². The first-order valence-corrected chi connectivity index (χ1v) is 11.8. The van der Waals surface area contributed by atoms with E-state index in [0.29, 0.717) is 31.8 Å². The summed E-state index contributed by atoms with van der Waals surface area (Å²) in [4.78, 5) is 5.84. The van der Waals surface area contributed by atoms with E-state index in [4.69, 9.17) is 10.00 Å². The Morgan fingerprint density at radius 2 is 2.09 bits per heavy atom. The molecule has 7 nitrogen and oxygen atoms in total. The van der Waals surface area contributed by atoms with Crippen molar-refractivity contribution in [1.82, 2.24) is 9.29 Å². The zero-order valence-corrected chi connectivity index (χ0v) is 18.7. The van der Waals surface area contributed by atoms with E-state index in [-0.39, 0.29) is 23.9 Å². The van der Waals surface area contributed by atoms with Crippen LogP contribution in [0.25, 0.3) is 0 Å². The van der Waals surface area contributed by atoms with Gasteiger partial charge in [0.05, 0.1) is 23.8 Å². The Labute approximate surface area is 190 Å². The third kappa shape index (κ3) is 4.30. The summed E-state index contributed by atoms with van der Waals surface area (Å²) in [6, 6.07) is 8.35. The molecule has 2 aliphatic heterocycles. The van der Waals surface area contributed by atoms with E-state index in [1.165, 1.54) is 34.9 Å². The summed E-state index contributed by atoms with van der Waals surface area (Å²) in [6.07, 6.45) is -1.27. The molecule has 0 amide bonds. The predicted molar refractivity (Wildman–Crippen MR) is 114 cm³/mol. The molecule has 0 N–H and O–H groups in total. The zero-order valence-electron chi connectivity index (χ0n) is 17.9. The number of hydrogen-bond acceptors (Lipinski definition) is 6. The van der Waals surface area contributed by atoms with Crippen LogP contribution in [-0.2, 0) is 20.9 Å². The standard InChI is InChI=1S/C22H23F3N4O3S/c1-32-15-21-6-8-28(18-5-4-16(10-26)20(9-18)22(23,24)25)12-17(21)13-29(14-21)33(30,31)19-3-2-7-27-11-19/h2-5,7,9,11,17H,6,8,12-15H2,1H3/t17-,21+/m1/s1. The summed E-state index contributed by atoms with van der Waals surface area (Å²) >= 11 is 0. The number of pyridine rings is 1. The Kier molecular flexibility index (Phi) is 6.11. The Morgan fingerprint density at radius 3 is 2.73 bits per heavy atom. The van der Waals surface area contributed by atoms with E-state index >= 15 is 0 Å². The van der Waals surface area contributed by atoms with Gasteiger partial charge in [0, 0.05) is 56.8 Å². The lowest BCUT2D eigenvalue weighted by Crippen LogP contribution is -2.49. The van der Waals surface area contributed by atoms with E-state index in [2.05, 4.69) is 4.98 Å². The van der Waals surface area contributed by atoms with Gasteiger partial charge in [-0.15, -0.1) is 0 Å². The van der Waals surface area contributed by atoms with Crippen molar-refractivity contribution in [3.63, 3.8) is 0 Å². The molecule has 0 aliphatic carbocycles. The van der Waals surface area contributed by atoms with Gasteiger partial charge in [-0.25, -0.2) is 8.42 Å². The number of nitriles is 1. The van der Waals surface area contributed by atoms with Crippen molar-refractivity contribution in [1.29, 1.82) is 5.26 Å². The molecule has 2 fully saturated rings. The van der Waals surface area contributed by atoms with E-state index in [1.807, 2.05) is 4.90 Å². The van der Waals surface area contributed by atoms with Crippen LogP contribution in [0.4, 0.5) is 18.9 Å². The van der Waals surface area contributed by atoms with Crippen LogP contribution >= 0.6 is 0 Å². The first-order valence-electron chi connectivity index (χ1n) is 10.4. The van der Waals surface area contributed by atoms with E-state index in [0.717, 1.165) is 6.07 Å². The average molecular weight is 481 g/mol. The monoisotopic (exact) mass is 480 g/mol. The molecule has 3 heterocycles. The van der Waals surface area contributed by atoms with Crippen LogP contribution in [0.1, 0.15) is 17.5 Å². The molecule has 2 atom stereocenters. The summed E-state index contributed by atoms with van der Waals surface area (Å²) in [7, 11) is -2.20. The van der Waals surface area contributed by atoms with Crippen molar-refractivity contribution in [2.45, 2.75) is 17.5 Å². The first kappa shape index (κ1) is 23.5. The summed E-state index contributed by atoms with van der Waals surface area (Å²) in [6.45, 7) is 1.69. The van der Waals surface area contributed by atoms with Gasteiger partial charge >= 0.3 is 6.18 Å². The summed E-state index contributed by atoms with van der Waals surface area (Å²) in [5.74, 6) is -0.136. The Hall–Kier alpha value is -2.68. The van der Waals surface area contributed by atoms with Crippen LogP contribution < -0.4 is 4.90 Å². The first-order chi connectivity index (χ1) is 15.6. The van der Waals surface area contributed by atoms with Gasteiger partial charge in [0.2, 0.25) is 10.0 Å². The fraction of sp³-hybridized carbons (Fsp3) is 0.455. The number of fused-ring (bicyclic) bond motifs is 1. The molecule has 1 aromatic carbocycles. The smallest absolute Gasteiger partial charge is 0.384 e. The fourth-order valence-corrected chi connectivity index (χ4v) is 6.43. The Bertz CT molecular complexity index is 1170. The molecular weight excluding hydrogens is 457 g/mol. The van der Waals surface area contributed by atoms with Crippen LogP contribution in [0.15, 0.2) is 47.6 Å². The number of methoxy groups -OCH3 is 1. The van der Waals surface area contributed by atoms with E-state index in [1.54, 1.807) is 19.2 Å². The zero-order chi connectivity index (χ0) is 23.9. The van der Waals surface area contributed by atoms with Crippen molar-refractivity contribution in [2.75, 3.05) is 44.8 Å². The molecular formula is C22H23F3N4O3S. The molecule has 176 valence electrons. The van der Waals surface area contributed by atoms with Gasteiger partial charge in [-0.05, 0) is 42.7 Å². The minimum atomic E-state index is -4.64. The van der Waals surface area contributed by atoms with Crippen LogP contribution in [0.3, 0.4) is 0 Å². The highest BCUT2D eigenvalue weighted by molar-refractivity contribution is 7.89. The van der Waals surface area contributed by atoms with Gasteiger partial charge in [0.25, 0.3) is 0 Å². The second-order valence-electron chi connectivity index (χ2n) is 8.51. The SMILES string of the molecule is COC[C@@]12CCN(c3ccc(C#N)c(C(F)(F)F)c3)C[C@@H]1CN(S(=O)(=O)c1cccnc1)C2. The Balaban J connectivity index is 1.62. The van der Waals surface area contributed by atoms with Crippen molar-refractivity contribution >= 4 is 15.7 Å². The second kappa shape index (κ2) is 8.59. The normalized spacial score (nSPS) is 23.8. The molecule has 4 rings (SSSR count). The van der Waals surface area contributed by atoms with Crippen LogP contribution in [0.2, 0.25) is 0 Å². The third-order valence-electron chi connectivity index (χ3n) is 6.60. The van der Waals surface area contributed by atoms with Crippen molar-refractivity contribution < 1.29 is 26.3 Å². The number of anilines is 1. The number of halogens is 3. The number of ether oxygens (including phenoxy) is 1. The van der Waals surface area contributed by atoms with E-state index < -0.39 is 32.7 Å². The third-order valence-corrected chi connectivity index (χ3v) is 8.40. The molecule has 0 spiro atoms. The highest BCUT2D eigenvalue weighted by Crippen LogP contribution is 2.46. The number of aromatic nitrogens is 1. The molecule has 2 aromatic rings. The number of sulfonamides is 1. The Morgan fingerprint density at radius 1 is 1.30 bits per heavy atom. The summed E-state index contributed by atoms with van der Waals surface area (Å²) in [5, 5.41) is 9.05. The lowest BCUT2D eigenvalue weighted by atomic mass is 9.73. The molecule has 33 heavy (non-hydrogen) atoms. The lowest BCUT2D eigenvalue weighted by molar-refractivity contribution is -0.137. The van der Waals surface area contributed by atoms with Crippen molar-refractivity contribution in [3.8, 4) is 6.07 Å². The van der Waals surface area contributed by atoms with Gasteiger partial charge in [-0.2, -0.15) is 22.7 Å². The number of piperidine rings is 1. The molecule has 0 unspecified atom stereocenters. The number of hydrogen-bond donors (Lipinski definition) is 0. The highest BCUT2D eigenvalue weighted by atomic mass is 32.2. The number of nitrogens with zero attached hydrogens (tertiary/aromatic N) is 4. The molecule has 0 radical (unpaired) electrons. The van der Waals surface area contributed by atoms with Gasteiger partial charge in [-0.1, -0.05) is 0 Å². The van der Waals surface area contributed by atoms with Gasteiger partial charge < -0.3 is 9.64 Å². The maximum absolute atomic E-state index is 13.4. The molecule has 0 saturated carbocycles. The second-order valence-corrected chi connectivity index (χ2v) is 10.5. The number of benzene rings is 1. The highest BCUT2D eigenvalue weighted by Gasteiger charge is 2.52. The lowest BCUT2D eigenvalue weighted by Gasteiger charge is -2.44. The van der Waals surface area contributed by atoms with Gasteiger partial charge in [0.1, 0.15) is 4.90 Å². The fourth-order valence-electron chi connectivity index (χ4n) is 4.88. The number of rotatable bonds is 5. The minimum absolute atomic E-state index is 0.106. The van der Waals surface area contributed by atoms with Crippen molar-refractivity contribution in [3.05, 3.63) is 53.9 Å². The molecule has 1 aromatic heterocycles. The molecule has 2 saturated heterocycles. The summed E-state index contributed by atoms with van der Waals surface area (Å²) < 4.78 is 73.5. The van der Waals surface area contributed by atoms with Crippen molar-refractivity contribution in [2.24, 2.45) is 11.3 Å². The van der Waals surface area contributed by atoms with Crippen LogP contribution in [-0.4, -0.2) is 57.6 Å². The quantitative estimate of drug-likeness (QED) is 0.654. The molecule has 2 aliphatic rings. The number of alkyl halides is 3. The van der Waals surface area contributed by atoms with Gasteiger partial charge in [0.15, 0.2) is 0 Å². The van der Waals surface area contributed by atoms with Gasteiger partial charge in [-0.3, -0.25) is 4.98 Å². The van der Waals surface area contributed by atoms with E-state index in [9.17, 15) is 21.6 Å². The maximum Gasteiger partial charge on any atom is 0.417 e. The predicted octanol–water partition coefficient (Wildman–Crippen LogP) is 3.14. The topological polar surface area (TPSA) is 86.5 Å².